The molecule has 0 radical (unpaired) electrons. The standard InChI is InChI=1S/C14H19NO2/c16-9-3-1-2-4-10-17-13-5-6-14-12(11-13)7-8-15-14/h5-8,11,15-16H,1-4,9-10H2. The Bertz CT molecular complexity index is 450. The highest BCUT2D eigenvalue weighted by Gasteiger charge is 1.98. The van der Waals surface area contributed by atoms with Gasteiger partial charge in [0.2, 0.25) is 0 Å². The van der Waals surface area contributed by atoms with Crippen LogP contribution in [-0.4, -0.2) is 23.3 Å². The maximum absolute atomic E-state index is 8.65. The van der Waals surface area contributed by atoms with Gasteiger partial charge in [0.25, 0.3) is 0 Å². The Morgan fingerprint density at radius 2 is 1.94 bits per heavy atom. The van der Waals surface area contributed by atoms with E-state index in [1.807, 2.05) is 24.4 Å². The van der Waals surface area contributed by atoms with E-state index in [1.54, 1.807) is 0 Å². The molecule has 1 heterocycles. The predicted molar refractivity (Wildman–Crippen MR) is 69.3 cm³/mol. The van der Waals surface area contributed by atoms with Crippen LogP contribution in [0.1, 0.15) is 25.7 Å². The molecule has 0 amide bonds. The van der Waals surface area contributed by atoms with Gasteiger partial charge in [0.1, 0.15) is 5.75 Å². The van der Waals surface area contributed by atoms with Crippen LogP contribution in [0, 0.1) is 0 Å². The Labute approximate surface area is 101 Å². The van der Waals surface area contributed by atoms with Gasteiger partial charge in [-0.25, -0.2) is 0 Å². The van der Waals surface area contributed by atoms with Gasteiger partial charge in [-0.1, -0.05) is 6.42 Å². The molecule has 0 saturated carbocycles. The van der Waals surface area contributed by atoms with Crippen LogP contribution in [0.3, 0.4) is 0 Å². The molecule has 2 aromatic rings. The number of unbranched alkanes of at least 4 members (excludes halogenated alkanes) is 3. The molecule has 0 fully saturated rings. The molecular formula is C14H19NO2. The molecule has 0 spiro atoms. The van der Waals surface area contributed by atoms with Crippen molar-refractivity contribution >= 4 is 10.9 Å². The fraction of sp³-hybridized carbons (Fsp3) is 0.429. The highest BCUT2D eigenvalue weighted by Crippen LogP contribution is 2.19. The van der Waals surface area contributed by atoms with E-state index < -0.39 is 0 Å². The van der Waals surface area contributed by atoms with Crippen LogP contribution < -0.4 is 4.74 Å². The van der Waals surface area contributed by atoms with Crippen molar-refractivity contribution in [3.63, 3.8) is 0 Å². The maximum atomic E-state index is 8.65. The van der Waals surface area contributed by atoms with Crippen molar-refractivity contribution in [3.8, 4) is 5.75 Å². The van der Waals surface area contributed by atoms with Gasteiger partial charge in [0, 0.05) is 23.7 Å². The lowest BCUT2D eigenvalue weighted by molar-refractivity contribution is 0.273. The third-order valence-electron chi connectivity index (χ3n) is 2.85. The van der Waals surface area contributed by atoms with Crippen LogP contribution in [-0.2, 0) is 0 Å². The van der Waals surface area contributed by atoms with Crippen molar-refractivity contribution in [1.29, 1.82) is 0 Å². The van der Waals surface area contributed by atoms with Crippen molar-refractivity contribution in [2.24, 2.45) is 0 Å². The lowest BCUT2D eigenvalue weighted by Crippen LogP contribution is -1.97. The van der Waals surface area contributed by atoms with Crippen LogP contribution in [0.5, 0.6) is 5.75 Å². The Morgan fingerprint density at radius 3 is 2.82 bits per heavy atom. The number of aliphatic hydroxyl groups is 1. The molecule has 0 unspecified atom stereocenters. The van der Waals surface area contributed by atoms with Crippen LogP contribution >= 0.6 is 0 Å². The van der Waals surface area contributed by atoms with Gasteiger partial charge in [-0.15, -0.1) is 0 Å². The molecule has 92 valence electrons. The zero-order chi connectivity index (χ0) is 11.9. The van der Waals surface area contributed by atoms with E-state index in [1.165, 1.54) is 5.39 Å². The minimum Gasteiger partial charge on any atom is -0.494 e. The summed E-state index contributed by atoms with van der Waals surface area (Å²) < 4.78 is 5.69. The van der Waals surface area contributed by atoms with Gasteiger partial charge < -0.3 is 14.8 Å². The topological polar surface area (TPSA) is 45.2 Å². The number of hydrogen-bond donors (Lipinski definition) is 2. The van der Waals surface area contributed by atoms with E-state index in [0.717, 1.165) is 43.6 Å². The Morgan fingerprint density at radius 1 is 1.06 bits per heavy atom. The van der Waals surface area contributed by atoms with E-state index in [9.17, 15) is 0 Å². The van der Waals surface area contributed by atoms with E-state index in [4.69, 9.17) is 9.84 Å². The molecule has 3 nitrogen and oxygen atoms in total. The van der Waals surface area contributed by atoms with Crippen LogP contribution in [0.4, 0.5) is 0 Å². The average Bonchev–Trinajstić information content (AvgIpc) is 2.81. The van der Waals surface area contributed by atoms with Crippen LogP contribution in [0.25, 0.3) is 10.9 Å². The first kappa shape index (κ1) is 12.0. The molecule has 0 bridgehead atoms. The first-order chi connectivity index (χ1) is 8.40. The molecule has 0 atom stereocenters. The summed E-state index contributed by atoms with van der Waals surface area (Å²) in [6.07, 6.45) is 6.08. The number of H-pyrrole nitrogens is 1. The Kier molecular flexibility index (Phi) is 4.45. The van der Waals surface area contributed by atoms with E-state index >= 15 is 0 Å². The molecule has 1 aromatic heterocycles. The average molecular weight is 233 g/mol. The number of aromatic nitrogens is 1. The second-order valence-corrected chi connectivity index (χ2v) is 4.21. The number of benzene rings is 1. The number of aliphatic hydroxyl groups excluding tert-OH is 1. The maximum Gasteiger partial charge on any atom is 0.120 e. The normalized spacial score (nSPS) is 10.9. The molecule has 0 saturated heterocycles. The molecule has 1 aromatic carbocycles. The van der Waals surface area contributed by atoms with E-state index in [0.29, 0.717) is 6.61 Å². The SMILES string of the molecule is OCCCCCCOc1ccc2[nH]ccc2c1. The predicted octanol–water partition coefficient (Wildman–Crippen LogP) is 3.10. The summed E-state index contributed by atoms with van der Waals surface area (Å²) in [4.78, 5) is 3.16. The number of ether oxygens (including phenoxy) is 1. The van der Waals surface area contributed by atoms with Gasteiger partial charge in [0.15, 0.2) is 0 Å². The third-order valence-corrected chi connectivity index (χ3v) is 2.85. The minimum atomic E-state index is 0.297. The van der Waals surface area contributed by atoms with Gasteiger partial charge in [-0.2, -0.15) is 0 Å². The molecule has 0 aliphatic carbocycles. The van der Waals surface area contributed by atoms with Crippen LogP contribution in [0.2, 0.25) is 0 Å². The Hall–Kier alpha value is -1.48. The fourth-order valence-corrected chi connectivity index (χ4v) is 1.88. The molecule has 0 aliphatic rings. The number of hydrogen-bond acceptors (Lipinski definition) is 2. The highest BCUT2D eigenvalue weighted by atomic mass is 16.5. The summed E-state index contributed by atoms with van der Waals surface area (Å²) >= 11 is 0. The summed E-state index contributed by atoms with van der Waals surface area (Å²) in [5.74, 6) is 0.930. The van der Waals surface area contributed by atoms with Gasteiger partial charge in [-0.05, 0) is 43.5 Å². The monoisotopic (exact) mass is 233 g/mol. The molecule has 2 rings (SSSR count). The second kappa shape index (κ2) is 6.30. The largest absolute Gasteiger partial charge is 0.494 e. The van der Waals surface area contributed by atoms with Crippen molar-refractivity contribution in [2.45, 2.75) is 25.7 Å². The van der Waals surface area contributed by atoms with Crippen molar-refractivity contribution in [3.05, 3.63) is 30.5 Å². The number of nitrogens with one attached hydrogen (secondary N) is 1. The zero-order valence-electron chi connectivity index (χ0n) is 9.98. The smallest absolute Gasteiger partial charge is 0.120 e. The second-order valence-electron chi connectivity index (χ2n) is 4.21. The summed E-state index contributed by atoms with van der Waals surface area (Å²) in [5, 5.41) is 9.83. The minimum absolute atomic E-state index is 0.297. The molecule has 0 aliphatic heterocycles. The van der Waals surface area contributed by atoms with Crippen LogP contribution in [0.15, 0.2) is 30.5 Å². The fourth-order valence-electron chi connectivity index (χ4n) is 1.88. The lowest BCUT2D eigenvalue weighted by Gasteiger charge is -2.06. The summed E-state index contributed by atoms with van der Waals surface area (Å²) in [5.41, 5.74) is 1.14. The quantitative estimate of drug-likeness (QED) is 0.722. The van der Waals surface area contributed by atoms with Gasteiger partial charge in [0.05, 0.1) is 6.61 Å². The zero-order valence-corrected chi connectivity index (χ0v) is 9.98. The first-order valence-corrected chi connectivity index (χ1v) is 6.21. The van der Waals surface area contributed by atoms with Crippen molar-refractivity contribution in [1.82, 2.24) is 4.98 Å². The molecule has 2 N–H and O–H groups in total. The molecular weight excluding hydrogens is 214 g/mol. The lowest BCUT2D eigenvalue weighted by atomic mass is 10.2. The van der Waals surface area contributed by atoms with Crippen molar-refractivity contribution in [2.75, 3.05) is 13.2 Å². The third kappa shape index (κ3) is 3.49. The first-order valence-electron chi connectivity index (χ1n) is 6.21. The van der Waals surface area contributed by atoms with Gasteiger partial charge >= 0.3 is 0 Å². The van der Waals surface area contributed by atoms with Gasteiger partial charge in [-0.3, -0.25) is 0 Å². The Balaban J connectivity index is 1.75. The van der Waals surface area contributed by atoms with E-state index in [2.05, 4.69) is 11.1 Å². The highest BCUT2D eigenvalue weighted by molar-refractivity contribution is 5.80. The summed E-state index contributed by atoms with van der Waals surface area (Å²) in [6, 6.07) is 8.13. The summed E-state index contributed by atoms with van der Waals surface area (Å²) in [6.45, 7) is 1.05. The van der Waals surface area contributed by atoms with Crippen molar-refractivity contribution < 1.29 is 9.84 Å². The molecule has 3 heteroatoms. The summed E-state index contributed by atoms with van der Waals surface area (Å²) in [7, 11) is 0. The number of fused-ring (bicyclic) bond motifs is 1. The molecule has 17 heavy (non-hydrogen) atoms. The van der Waals surface area contributed by atoms with E-state index in [-0.39, 0.29) is 0 Å². The number of rotatable bonds is 7. The number of aromatic amines is 1.